The molecule has 0 amide bonds. The fourth-order valence-electron chi connectivity index (χ4n) is 4.53. The monoisotopic (exact) mass is 447 g/mol. The van der Waals surface area contributed by atoms with Crippen LogP contribution in [0.4, 0.5) is 0 Å². The highest BCUT2D eigenvalue weighted by Gasteiger charge is 2.33. The van der Waals surface area contributed by atoms with Gasteiger partial charge in [0, 0.05) is 36.1 Å². The van der Waals surface area contributed by atoms with Crippen LogP contribution >= 0.6 is 0 Å². The SMILES string of the molecule is CO[C@@H]1C[C@@H](COc2ccc3[nH]c(-c4cc5ccccc5[nH]c4=O)cc3c2)N(CC(=O)O)C1. The third-order valence-electron chi connectivity index (χ3n) is 6.24. The average molecular weight is 447 g/mol. The molecule has 3 N–H and O–H groups in total. The average Bonchev–Trinajstić information content (AvgIpc) is 3.40. The Hall–Kier alpha value is -3.62. The number of nitrogens with zero attached hydrogens (tertiary/aromatic N) is 1. The van der Waals surface area contributed by atoms with Crippen molar-refractivity contribution in [2.75, 3.05) is 26.8 Å². The van der Waals surface area contributed by atoms with Crippen LogP contribution in [-0.2, 0) is 9.53 Å². The molecule has 0 spiro atoms. The second-order valence-corrected chi connectivity index (χ2v) is 8.41. The van der Waals surface area contributed by atoms with Gasteiger partial charge in [-0.2, -0.15) is 0 Å². The van der Waals surface area contributed by atoms with E-state index in [1.807, 2.05) is 59.5 Å². The van der Waals surface area contributed by atoms with E-state index in [1.54, 1.807) is 7.11 Å². The zero-order valence-corrected chi connectivity index (χ0v) is 18.2. The molecule has 0 radical (unpaired) electrons. The highest BCUT2D eigenvalue weighted by molar-refractivity contribution is 5.89. The molecule has 1 fully saturated rings. The van der Waals surface area contributed by atoms with Gasteiger partial charge in [0.1, 0.15) is 12.4 Å². The van der Waals surface area contributed by atoms with Crippen LogP contribution in [0.15, 0.2) is 59.4 Å². The minimum Gasteiger partial charge on any atom is -0.492 e. The number of rotatable bonds is 7. The van der Waals surface area contributed by atoms with E-state index in [4.69, 9.17) is 9.47 Å². The third-order valence-corrected chi connectivity index (χ3v) is 6.24. The van der Waals surface area contributed by atoms with Gasteiger partial charge >= 0.3 is 5.97 Å². The van der Waals surface area contributed by atoms with E-state index in [0.717, 1.165) is 33.9 Å². The van der Waals surface area contributed by atoms with Crippen LogP contribution in [0.2, 0.25) is 0 Å². The number of para-hydroxylation sites is 1. The minimum atomic E-state index is -0.860. The van der Waals surface area contributed by atoms with Gasteiger partial charge in [0.2, 0.25) is 0 Å². The molecule has 4 aromatic rings. The number of hydrogen-bond donors (Lipinski definition) is 3. The first-order valence-electron chi connectivity index (χ1n) is 10.9. The summed E-state index contributed by atoms with van der Waals surface area (Å²) in [7, 11) is 1.64. The van der Waals surface area contributed by atoms with Crippen molar-refractivity contribution in [3.8, 4) is 17.0 Å². The van der Waals surface area contributed by atoms with Crippen molar-refractivity contribution in [3.05, 3.63) is 65.0 Å². The maximum atomic E-state index is 12.6. The van der Waals surface area contributed by atoms with Crippen LogP contribution in [0.25, 0.3) is 33.1 Å². The Morgan fingerprint density at radius 3 is 2.73 bits per heavy atom. The van der Waals surface area contributed by atoms with Gasteiger partial charge in [-0.15, -0.1) is 0 Å². The number of benzene rings is 2. The molecule has 1 aliphatic heterocycles. The Morgan fingerprint density at radius 1 is 1.09 bits per heavy atom. The Bertz CT molecular complexity index is 1380. The van der Waals surface area contributed by atoms with E-state index in [2.05, 4.69) is 9.97 Å². The Morgan fingerprint density at radius 2 is 1.91 bits per heavy atom. The number of fused-ring (bicyclic) bond motifs is 2. The molecule has 2 aromatic heterocycles. The smallest absolute Gasteiger partial charge is 0.317 e. The lowest BCUT2D eigenvalue weighted by molar-refractivity contribution is -0.138. The van der Waals surface area contributed by atoms with Gasteiger partial charge in [-0.25, -0.2) is 0 Å². The number of likely N-dealkylation sites (tertiary alicyclic amines) is 1. The Kier molecular flexibility index (Phi) is 5.62. The van der Waals surface area contributed by atoms with Crippen LogP contribution in [0.5, 0.6) is 5.75 Å². The lowest BCUT2D eigenvalue weighted by Gasteiger charge is -2.22. The highest BCUT2D eigenvalue weighted by atomic mass is 16.5. The summed E-state index contributed by atoms with van der Waals surface area (Å²) in [5.74, 6) is -0.168. The molecule has 5 rings (SSSR count). The summed E-state index contributed by atoms with van der Waals surface area (Å²) in [6.07, 6.45) is 0.734. The van der Waals surface area contributed by atoms with Crippen molar-refractivity contribution in [2.24, 2.45) is 0 Å². The number of carboxylic acids is 1. The van der Waals surface area contributed by atoms with E-state index in [9.17, 15) is 14.7 Å². The maximum absolute atomic E-state index is 12.6. The first-order valence-corrected chi connectivity index (χ1v) is 10.9. The minimum absolute atomic E-state index is 0.00714. The van der Waals surface area contributed by atoms with Gasteiger partial charge in [0.05, 0.1) is 23.9 Å². The summed E-state index contributed by atoms with van der Waals surface area (Å²) in [5.41, 5.74) is 2.87. The van der Waals surface area contributed by atoms with Gasteiger partial charge in [-0.1, -0.05) is 18.2 Å². The Labute approximate surface area is 189 Å². The van der Waals surface area contributed by atoms with Crippen LogP contribution in [-0.4, -0.2) is 64.9 Å². The topological polar surface area (TPSA) is 108 Å². The molecule has 2 aromatic carbocycles. The van der Waals surface area contributed by atoms with Crippen molar-refractivity contribution >= 4 is 27.8 Å². The number of aromatic amines is 2. The normalized spacial score (nSPS) is 18.8. The molecule has 0 bridgehead atoms. The molecule has 1 aliphatic rings. The Balaban J connectivity index is 1.36. The number of carboxylic acid groups (broad SMARTS) is 1. The van der Waals surface area contributed by atoms with Gasteiger partial charge in [0.15, 0.2) is 0 Å². The van der Waals surface area contributed by atoms with Crippen molar-refractivity contribution in [1.29, 1.82) is 0 Å². The fraction of sp³-hybridized carbons (Fsp3) is 0.280. The summed E-state index contributed by atoms with van der Waals surface area (Å²) in [6, 6.07) is 17.2. The molecule has 0 saturated carbocycles. The van der Waals surface area contributed by atoms with Crippen molar-refractivity contribution in [2.45, 2.75) is 18.6 Å². The number of pyridine rings is 1. The van der Waals surface area contributed by atoms with Gasteiger partial charge in [-0.05, 0) is 48.2 Å². The highest BCUT2D eigenvalue weighted by Crippen LogP contribution is 2.28. The van der Waals surface area contributed by atoms with Crippen LogP contribution in [0, 0.1) is 0 Å². The zero-order chi connectivity index (χ0) is 22.9. The maximum Gasteiger partial charge on any atom is 0.317 e. The second kappa shape index (κ2) is 8.73. The molecule has 3 heterocycles. The van der Waals surface area contributed by atoms with E-state index < -0.39 is 5.97 Å². The van der Waals surface area contributed by atoms with Crippen LogP contribution in [0.1, 0.15) is 6.42 Å². The summed E-state index contributed by atoms with van der Waals surface area (Å²) in [4.78, 5) is 31.9. The predicted molar refractivity (Wildman–Crippen MR) is 126 cm³/mol. The molecule has 2 atom stereocenters. The van der Waals surface area contributed by atoms with Gasteiger partial charge < -0.3 is 24.5 Å². The number of carbonyl (C=O) groups is 1. The van der Waals surface area contributed by atoms with Crippen molar-refractivity contribution < 1.29 is 19.4 Å². The molecule has 33 heavy (non-hydrogen) atoms. The molecule has 8 heteroatoms. The second-order valence-electron chi connectivity index (χ2n) is 8.41. The number of aliphatic carboxylic acids is 1. The molecule has 0 aliphatic carbocycles. The zero-order valence-electron chi connectivity index (χ0n) is 18.2. The molecule has 1 saturated heterocycles. The number of nitrogens with one attached hydrogen (secondary N) is 2. The molecule has 0 unspecified atom stereocenters. The summed E-state index contributed by atoms with van der Waals surface area (Å²) >= 11 is 0. The van der Waals surface area contributed by atoms with E-state index in [-0.39, 0.29) is 24.2 Å². The number of hydrogen-bond acceptors (Lipinski definition) is 5. The molecular formula is C25H25N3O5. The predicted octanol–water partition coefficient (Wildman–Crippen LogP) is 3.23. The molecule has 8 nitrogen and oxygen atoms in total. The first-order chi connectivity index (χ1) is 16.0. The van der Waals surface area contributed by atoms with Gasteiger partial charge in [0.25, 0.3) is 5.56 Å². The number of ether oxygens (including phenoxy) is 2. The summed E-state index contributed by atoms with van der Waals surface area (Å²) in [5, 5.41) is 11.1. The quantitative estimate of drug-likeness (QED) is 0.402. The van der Waals surface area contributed by atoms with E-state index in [1.165, 1.54) is 0 Å². The van der Waals surface area contributed by atoms with E-state index in [0.29, 0.717) is 24.5 Å². The first kappa shape index (κ1) is 21.2. The molecule has 170 valence electrons. The van der Waals surface area contributed by atoms with E-state index >= 15 is 0 Å². The summed E-state index contributed by atoms with van der Waals surface area (Å²) < 4.78 is 11.4. The van der Waals surface area contributed by atoms with Gasteiger partial charge in [-0.3, -0.25) is 14.5 Å². The lowest BCUT2D eigenvalue weighted by Crippen LogP contribution is -2.38. The molecular weight excluding hydrogens is 422 g/mol. The standard InChI is InChI=1S/C25H25N3O5/c1-32-19-11-17(28(12-19)13-24(29)30)14-33-18-6-7-22-16(8-18)10-23(26-22)20-9-15-4-2-3-5-21(15)27-25(20)31/h2-10,17,19,26H,11-14H2,1H3,(H,27,31)(H,29,30)/t17-,19+/m0/s1. The largest absolute Gasteiger partial charge is 0.492 e. The number of methoxy groups -OCH3 is 1. The van der Waals surface area contributed by atoms with Crippen molar-refractivity contribution in [1.82, 2.24) is 14.9 Å². The van der Waals surface area contributed by atoms with Crippen LogP contribution in [0.3, 0.4) is 0 Å². The number of H-pyrrole nitrogens is 2. The number of aromatic nitrogens is 2. The third kappa shape index (κ3) is 4.35. The lowest BCUT2D eigenvalue weighted by atomic mass is 10.1. The fourth-order valence-corrected chi connectivity index (χ4v) is 4.53. The van der Waals surface area contributed by atoms with Crippen LogP contribution < -0.4 is 10.3 Å². The van der Waals surface area contributed by atoms with Crippen molar-refractivity contribution in [3.63, 3.8) is 0 Å². The summed E-state index contributed by atoms with van der Waals surface area (Å²) in [6.45, 7) is 0.923.